The van der Waals surface area contributed by atoms with Crippen LogP contribution >= 0.6 is 0 Å². The lowest BCUT2D eigenvalue weighted by atomic mass is 9.97. The van der Waals surface area contributed by atoms with Crippen molar-refractivity contribution in [1.82, 2.24) is 0 Å². The summed E-state index contributed by atoms with van der Waals surface area (Å²) in [5.74, 6) is 0. The van der Waals surface area contributed by atoms with Gasteiger partial charge in [-0.05, 0) is 94.7 Å². The van der Waals surface area contributed by atoms with Crippen LogP contribution in [0.3, 0.4) is 0 Å². The van der Waals surface area contributed by atoms with Crippen molar-refractivity contribution in [3.05, 3.63) is 22.4 Å². The van der Waals surface area contributed by atoms with Crippen LogP contribution < -0.4 is 0 Å². The van der Waals surface area contributed by atoms with Gasteiger partial charge in [-0.2, -0.15) is 0 Å². The molecular formula is C20H38OSi2. The number of hydrogen-bond acceptors (Lipinski definition) is 1. The Kier molecular flexibility index (Phi) is 6.93. The smallest absolute Gasteiger partial charge is 0.205 e. The average molecular weight is 351 g/mol. The Labute approximate surface area is 146 Å². The largest absolute Gasteiger partial charge is 0.452 e. The van der Waals surface area contributed by atoms with Crippen LogP contribution in [0.4, 0.5) is 0 Å². The van der Waals surface area contributed by atoms with Crippen molar-refractivity contribution in [2.75, 3.05) is 0 Å². The Morgan fingerprint density at radius 2 is 1.52 bits per heavy atom. The summed E-state index contributed by atoms with van der Waals surface area (Å²) >= 11 is 0. The van der Waals surface area contributed by atoms with E-state index in [4.69, 9.17) is 4.12 Å². The number of rotatable bonds is 5. The number of hydrogen-bond donors (Lipinski definition) is 0. The van der Waals surface area contributed by atoms with Gasteiger partial charge in [0.2, 0.25) is 8.32 Å². The molecule has 1 nitrogen and oxygen atoms in total. The molecule has 0 aromatic carbocycles. The molecule has 0 aromatic rings. The molecule has 1 unspecified atom stereocenters. The maximum atomic E-state index is 6.91. The molecular weight excluding hydrogens is 312 g/mol. The molecule has 0 saturated heterocycles. The molecule has 0 bridgehead atoms. The fraction of sp³-hybridized carbons (Fsp3) is 0.800. The van der Waals surface area contributed by atoms with Gasteiger partial charge in [0.05, 0.1) is 0 Å². The minimum Gasteiger partial charge on any atom is -0.452 e. The molecule has 0 spiro atoms. The van der Waals surface area contributed by atoms with Crippen LogP contribution in [-0.4, -0.2) is 16.6 Å². The Balaban J connectivity index is 2.42. The Hall–Kier alpha value is -0.126. The zero-order chi connectivity index (χ0) is 16.9. The van der Waals surface area contributed by atoms with Crippen LogP contribution in [0, 0.1) is 0 Å². The van der Waals surface area contributed by atoms with Crippen LogP contribution in [0.1, 0.15) is 71.1 Å². The second-order valence-corrected chi connectivity index (χ2v) is 17.5. The highest BCUT2D eigenvalue weighted by molar-refractivity contribution is 6.89. The first-order valence-electron chi connectivity index (χ1n) is 9.98. The van der Waals surface area contributed by atoms with E-state index in [9.17, 15) is 0 Å². The molecule has 0 saturated carbocycles. The molecule has 132 valence electrons. The summed E-state index contributed by atoms with van der Waals surface area (Å²) < 4.78 is 6.91. The first-order chi connectivity index (χ1) is 10.9. The molecule has 2 aliphatic carbocycles. The molecule has 0 heterocycles. The second-order valence-electron chi connectivity index (χ2n) is 8.65. The molecule has 0 N–H and O–H groups in total. The van der Waals surface area contributed by atoms with Crippen molar-refractivity contribution in [2.45, 2.75) is 103 Å². The standard InChI is InChI=1S/C20H38OSi2/c1-6-23(5,21-22(2,3)4)20-17-13-9-12-16-19(20)18-14-10-7-8-11-15-18/h14H,6-13,15-17H2,1-5H3. The summed E-state index contributed by atoms with van der Waals surface area (Å²) in [6.45, 7) is 12.0. The molecule has 0 amide bonds. The summed E-state index contributed by atoms with van der Waals surface area (Å²) in [5, 5.41) is 1.80. The van der Waals surface area contributed by atoms with Crippen LogP contribution in [-0.2, 0) is 4.12 Å². The van der Waals surface area contributed by atoms with E-state index >= 15 is 0 Å². The zero-order valence-corrected chi connectivity index (χ0v) is 18.3. The third-order valence-corrected chi connectivity index (χ3v) is 12.9. The SMILES string of the molecule is CC[Si](C)(O[Si](C)(C)C)C1=C(C2=CCCCCC2)CCCCC1. The van der Waals surface area contributed by atoms with Gasteiger partial charge in [0.25, 0.3) is 0 Å². The van der Waals surface area contributed by atoms with Crippen molar-refractivity contribution < 1.29 is 4.12 Å². The summed E-state index contributed by atoms with van der Waals surface area (Å²) in [6.07, 6.45) is 16.2. The fourth-order valence-electron chi connectivity index (χ4n) is 4.33. The first kappa shape index (κ1) is 19.2. The summed E-state index contributed by atoms with van der Waals surface area (Å²) in [5.41, 5.74) is 3.48. The Morgan fingerprint density at radius 1 is 0.870 bits per heavy atom. The van der Waals surface area contributed by atoms with Crippen molar-refractivity contribution >= 4 is 16.6 Å². The fourth-order valence-corrected chi connectivity index (χ4v) is 12.9. The number of allylic oxidation sites excluding steroid dienone is 4. The molecule has 23 heavy (non-hydrogen) atoms. The highest BCUT2D eigenvalue weighted by Gasteiger charge is 2.38. The van der Waals surface area contributed by atoms with Crippen molar-refractivity contribution in [1.29, 1.82) is 0 Å². The molecule has 0 aromatic heterocycles. The Morgan fingerprint density at radius 3 is 2.22 bits per heavy atom. The summed E-state index contributed by atoms with van der Waals surface area (Å²) in [6, 6.07) is 1.24. The topological polar surface area (TPSA) is 9.23 Å². The van der Waals surface area contributed by atoms with E-state index < -0.39 is 16.6 Å². The average Bonchev–Trinajstić information content (AvgIpc) is 2.88. The van der Waals surface area contributed by atoms with Crippen LogP contribution in [0.25, 0.3) is 0 Å². The third-order valence-electron chi connectivity index (χ3n) is 5.49. The predicted molar refractivity (Wildman–Crippen MR) is 108 cm³/mol. The highest BCUT2D eigenvalue weighted by atomic mass is 28.4. The molecule has 0 radical (unpaired) electrons. The van der Waals surface area contributed by atoms with E-state index in [0.29, 0.717) is 0 Å². The molecule has 2 aliphatic rings. The normalized spacial score (nSPS) is 23.8. The van der Waals surface area contributed by atoms with E-state index in [1.54, 1.807) is 16.3 Å². The maximum absolute atomic E-state index is 6.91. The summed E-state index contributed by atoms with van der Waals surface area (Å²) in [7, 11) is -3.25. The molecule has 3 heteroatoms. The first-order valence-corrected chi connectivity index (χ1v) is 16.0. The lowest BCUT2D eigenvalue weighted by Gasteiger charge is -2.37. The van der Waals surface area contributed by atoms with Gasteiger partial charge in [0.15, 0.2) is 8.32 Å². The van der Waals surface area contributed by atoms with Crippen LogP contribution in [0.2, 0.25) is 32.2 Å². The predicted octanol–water partition coefficient (Wildman–Crippen LogP) is 7.12. The highest BCUT2D eigenvalue weighted by Crippen LogP contribution is 2.39. The van der Waals surface area contributed by atoms with Gasteiger partial charge in [-0.1, -0.05) is 31.0 Å². The molecule has 0 fully saturated rings. The quantitative estimate of drug-likeness (QED) is 0.479. The molecule has 2 rings (SSSR count). The van der Waals surface area contributed by atoms with Gasteiger partial charge in [-0.25, -0.2) is 0 Å². The minimum absolute atomic E-state index is 1.24. The molecule has 0 aliphatic heterocycles. The lowest BCUT2D eigenvalue weighted by Crippen LogP contribution is -2.46. The zero-order valence-electron chi connectivity index (χ0n) is 16.3. The Bertz CT molecular complexity index is 459. The van der Waals surface area contributed by atoms with E-state index in [-0.39, 0.29) is 0 Å². The van der Waals surface area contributed by atoms with Crippen LogP contribution in [0.15, 0.2) is 22.4 Å². The second kappa shape index (κ2) is 8.31. The van der Waals surface area contributed by atoms with Crippen LogP contribution in [0.5, 0.6) is 0 Å². The minimum atomic E-state index is -1.75. The van der Waals surface area contributed by atoms with Crippen molar-refractivity contribution in [3.8, 4) is 0 Å². The van der Waals surface area contributed by atoms with Gasteiger partial charge < -0.3 is 4.12 Å². The van der Waals surface area contributed by atoms with Crippen molar-refractivity contribution in [2.24, 2.45) is 0 Å². The lowest BCUT2D eigenvalue weighted by molar-refractivity contribution is 0.547. The monoisotopic (exact) mass is 350 g/mol. The van der Waals surface area contributed by atoms with Gasteiger partial charge >= 0.3 is 0 Å². The van der Waals surface area contributed by atoms with E-state index in [1.807, 2.05) is 0 Å². The van der Waals surface area contributed by atoms with E-state index in [0.717, 1.165) is 0 Å². The maximum Gasteiger partial charge on any atom is 0.205 e. The van der Waals surface area contributed by atoms with E-state index in [2.05, 4.69) is 39.2 Å². The molecule has 1 atom stereocenters. The van der Waals surface area contributed by atoms with Crippen molar-refractivity contribution in [3.63, 3.8) is 0 Å². The van der Waals surface area contributed by atoms with E-state index in [1.165, 1.54) is 70.3 Å². The third kappa shape index (κ3) is 5.43. The van der Waals surface area contributed by atoms with Gasteiger partial charge in [-0.3, -0.25) is 0 Å². The summed E-state index contributed by atoms with van der Waals surface area (Å²) in [4.78, 5) is 0. The van der Waals surface area contributed by atoms with Gasteiger partial charge in [0, 0.05) is 0 Å². The van der Waals surface area contributed by atoms with Gasteiger partial charge in [0.1, 0.15) is 0 Å². The van der Waals surface area contributed by atoms with Gasteiger partial charge in [-0.15, -0.1) is 0 Å².